The second-order valence-corrected chi connectivity index (χ2v) is 12.6. The molecule has 0 saturated heterocycles. The largest absolute Gasteiger partial charge is 0.497 e. The fourth-order valence-electron chi connectivity index (χ4n) is 4.79. The number of hydrogen-bond donors (Lipinski definition) is 1. The van der Waals surface area contributed by atoms with E-state index in [0.717, 1.165) is 51.8 Å². The highest BCUT2D eigenvalue weighted by molar-refractivity contribution is 9.10. The summed E-state index contributed by atoms with van der Waals surface area (Å²) in [6, 6.07) is 11.8. The van der Waals surface area contributed by atoms with E-state index in [1.54, 1.807) is 37.4 Å². The van der Waals surface area contributed by atoms with Crippen LogP contribution in [0.15, 0.2) is 46.9 Å². The van der Waals surface area contributed by atoms with Gasteiger partial charge in [-0.3, -0.25) is 13.9 Å². The summed E-state index contributed by atoms with van der Waals surface area (Å²) in [6.07, 6.45) is 6.66. The number of nitrogens with zero attached hydrogens (tertiary/aromatic N) is 2. The van der Waals surface area contributed by atoms with Crippen molar-refractivity contribution in [1.82, 2.24) is 10.2 Å². The summed E-state index contributed by atoms with van der Waals surface area (Å²) in [7, 11) is -2.20. The molecular weight excluding hydrogens is 570 g/mol. The van der Waals surface area contributed by atoms with E-state index in [1.807, 2.05) is 26.0 Å². The number of carbonyl (C=O) groups excluding carboxylic acids is 2. The van der Waals surface area contributed by atoms with Crippen molar-refractivity contribution in [2.24, 2.45) is 0 Å². The summed E-state index contributed by atoms with van der Waals surface area (Å²) in [6.45, 7) is 3.47. The van der Waals surface area contributed by atoms with Crippen LogP contribution in [0, 0.1) is 6.92 Å². The lowest BCUT2D eigenvalue weighted by Crippen LogP contribution is -2.53. The van der Waals surface area contributed by atoms with E-state index >= 15 is 0 Å². The first-order valence-corrected chi connectivity index (χ1v) is 15.6. The molecule has 1 atom stereocenters. The highest BCUT2D eigenvalue weighted by Crippen LogP contribution is 2.26. The van der Waals surface area contributed by atoms with Gasteiger partial charge in [0.2, 0.25) is 21.8 Å². The summed E-state index contributed by atoms with van der Waals surface area (Å²) in [5, 5.41) is 3.15. The molecule has 0 aromatic heterocycles. The number of hydrogen-bond acceptors (Lipinski definition) is 5. The van der Waals surface area contributed by atoms with Crippen LogP contribution in [-0.2, 0) is 26.2 Å². The maximum atomic E-state index is 13.9. The lowest BCUT2D eigenvalue weighted by molar-refractivity contribution is -0.140. The van der Waals surface area contributed by atoms with Gasteiger partial charge in [0.25, 0.3) is 0 Å². The normalized spacial score (nSPS) is 15.0. The Bertz CT molecular complexity index is 1210. The molecule has 0 heterocycles. The van der Waals surface area contributed by atoms with E-state index in [2.05, 4.69) is 21.2 Å². The molecular formula is C28H38BrN3O5S. The molecule has 1 aliphatic carbocycles. The van der Waals surface area contributed by atoms with Gasteiger partial charge >= 0.3 is 0 Å². The molecule has 38 heavy (non-hydrogen) atoms. The summed E-state index contributed by atoms with van der Waals surface area (Å²) < 4.78 is 32.8. The maximum Gasteiger partial charge on any atom is 0.244 e. The van der Waals surface area contributed by atoms with Gasteiger partial charge < -0.3 is 15.0 Å². The van der Waals surface area contributed by atoms with Crippen LogP contribution in [0.5, 0.6) is 5.75 Å². The first kappa shape index (κ1) is 30.0. The van der Waals surface area contributed by atoms with E-state index < -0.39 is 28.5 Å². The molecule has 0 unspecified atom stereocenters. The Hall–Kier alpha value is -2.59. The van der Waals surface area contributed by atoms with Crippen LogP contribution in [-0.4, -0.2) is 57.1 Å². The Morgan fingerprint density at radius 3 is 2.32 bits per heavy atom. The van der Waals surface area contributed by atoms with E-state index in [1.165, 1.54) is 11.3 Å². The second kappa shape index (κ2) is 13.5. The third-order valence-electron chi connectivity index (χ3n) is 6.96. The number of anilines is 1. The smallest absolute Gasteiger partial charge is 0.244 e. The molecule has 10 heteroatoms. The lowest BCUT2D eigenvalue weighted by Gasteiger charge is -2.34. The van der Waals surface area contributed by atoms with Crippen molar-refractivity contribution in [3.63, 3.8) is 0 Å². The highest BCUT2D eigenvalue weighted by Gasteiger charge is 2.33. The number of benzene rings is 2. The van der Waals surface area contributed by atoms with E-state index in [4.69, 9.17) is 4.74 Å². The third kappa shape index (κ3) is 7.96. The van der Waals surface area contributed by atoms with Crippen molar-refractivity contribution in [2.75, 3.05) is 24.2 Å². The van der Waals surface area contributed by atoms with Crippen molar-refractivity contribution < 1.29 is 22.7 Å². The average Bonchev–Trinajstić information content (AvgIpc) is 2.89. The Morgan fingerprint density at radius 1 is 1.11 bits per heavy atom. The zero-order chi connectivity index (χ0) is 27.9. The van der Waals surface area contributed by atoms with Gasteiger partial charge in [-0.05, 0) is 67.6 Å². The molecule has 2 aromatic carbocycles. The molecule has 0 bridgehead atoms. The molecule has 208 valence electrons. The standard InChI is InChI=1S/C28H38BrN3O5S/c1-5-26(28(34)30-22-9-7-6-8-10-22)31(18-21-11-14-24(37-3)15-12-21)27(33)19-32(38(4,35)36)23-13-16-25(29)20(2)17-23/h11-17,22,26H,5-10,18-19H2,1-4H3,(H,30,34)/t26-/m1/s1. The highest BCUT2D eigenvalue weighted by atomic mass is 79.9. The fourth-order valence-corrected chi connectivity index (χ4v) is 5.88. The number of halogens is 1. The van der Waals surface area contributed by atoms with Crippen LogP contribution < -0.4 is 14.4 Å². The minimum absolute atomic E-state index is 0.0986. The number of rotatable bonds is 11. The van der Waals surface area contributed by atoms with Crippen LogP contribution in [0.25, 0.3) is 0 Å². The molecule has 0 spiro atoms. The molecule has 1 aliphatic rings. The molecule has 3 rings (SSSR count). The van der Waals surface area contributed by atoms with Gasteiger partial charge in [-0.25, -0.2) is 8.42 Å². The lowest BCUT2D eigenvalue weighted by atomic mass is 9.95. The van der Waals surface area contributed by atoms with Crippen LogP contribution >= 0.6 is 15.9 Å². The van der Waals surface area contributed by atoms with Crippen molar-refractivity contribution in [3.8, 4) is 5.75 Å². The SMILES string of the molecule is CC[C@H](C(=O)NC1CCCCC1)N(Cc1ccc(OC)cc1)C(=O)CN(c1ccc(Br)c(C)c1)S(C)(=O)=O. The number of carbonyl (C=O) groups is 2. The van der Waals surface area contributed by atoms with Crippen molar-refractivity contribution >= 4 is 43.5 Å². The number of amides is 2. The van der Waals surface area contributed by atoms with Gasteiger partial charge in [0, 0.05) is 17.1 Å². The van der Waals surface area contributed by atoms with Crippen LogP contribution in [0.3, 0.4) is 0 Å². The summed E-state index contributed by atoms with van der Waals surface area (Å²) in [5.41, 5.74) is 2.05. The Labute approximate surface area is 234 Å². The van der Waals surface area contributed by atoms with Crippen LogP contribution in [0.2, 0.25) is 0 Å². The molecule has 2 aromatic rings. The maximum absolute atomic E-state index is 13.9. The zero-order valence-corrected chi connectivity index (χ0v) is 25.0. The van der Waals surface area contributed by atoms with Gasteiger partial charge in [-0.15, -0.1) is 0 Å². The molecule has 1 saturated carbocycles. The van der Waals surface area contributed by atoms with Gasteiger partial charge in [0.15, 0.2) is 0 Å². The third-order valence-corrected chi connectivity index (χ3v) is 8.99. The van der Waals surface area contributed by atoms with Crippen molar-refractivity contribution in [3.05, 3.63) is 58.1 Å². The van der Waals surface area contributed by atoms with Gasteiger partial charge in [-0.1, -0.05) is 54.2 Å². The number of methoxy groups -OCH3 is 1. The van der Waals surface area contributed by atoms with E-state index in [-0.39, 0.29) is 18.5 Å². The number of nitrogens with one attached hydrogen (secondary N) is 1. The number of aryl methyl sites for hydroxylation is 1. The molecule has 1 fully saturated rings. The predicted molar refractivity (Wildman–Crippen MR) is 154 cm³/mol. The monoisotopic (exact) mass is 607 g/mol. The number of ether oxygens (including phenoxy) is 1. The zero-order valence-electron chi connectivity index (χ0n) is 22.6. The quantitative estimate of drug-likeness (QED) is 0.396. The first-order valence-electron chi connectivity index (χ1n) is 13.0. The summed E-state index contributed by atoms with van der Waals surface area (Å²) in [4.78, 5) is 28.8. The molecule has 0 radical (unpaired) electrons. The Morgan fingerprint density at radius 2 is 1.76 bits per heavy atom. The average molecular weight is 609 g/mol. The second-order valence-electron chi connectivity index (χ2n) is 9.84. The minimum Gasteiger partial charge on any atom is -0.497 e. The van der Waals surface area contributed by atoms with Crippen molar-refractivity contribution in [2.45, 2.75) is 71.0 Å². The molecule has 2 amide bonds. The molecule has 8 nitrogen and oxygen atoms in total. The predicted octanol–water partition coefficient (Wildman–Crippen LogP) is 4.79. The van der Waals surface area contributed by atoms with Gasteiger partial charge in [0.1, 0.15) is 18.3 Å². The summed E-state index contributed by atoms with van der Waals surface area (Å²) >= 11 is 3.44. The topological polar surface area (TPSA) is 96.0 Å². The summed E-state index contributed by atoms with van der Waals surface area (Å²) in [5.74, 6) is 0.0340. The Kier molecular flexibility index (Phi) is 10.6. The van der Waals surface area contributed by atoms with Crippen LogP contribution in [0.4, 0.5) is 5.69 Å². The van der Waals surface area contributed by atoms with E-state index in [0.29, 0.717) is 17.9 Å². The van der Waals surface area contributed by atoms with Crippen molar-refractivity contribution in [1.29, 1.82) is 0 Å². The van der Waals surface area contributed by atoms with Gasteiger partial charge in [-0.2, -0.15) is 0 Å². The molecule has 0 aliphatic heterocycles. The minimum atomic E-state index is -3.78. The van der Waals surface area contributed by atoms with Crippen LogP contribution in [0.1, 0.15) is 56.6 Å². The Balaban J connectivity index is 1.92. The fraction of sp³-hybridized carbons (Fsp3) is 0.500. The molecule has 1 N–H and O–H groups in total. The first-order chi connectivity index (χ1) is 18.0. The number of sulfonamides is 1. The van der Waals surface area contributed by atoms with E-state index in [9.17, 15) is 18.0 Å². The van der Waals surface area contributed by atoms with Gasteiger partial charge in [0.05, 0.1) is 19.1 Å².